The maximum Gasteiger partial charge on any atom is 0.0701 e. The van der Waals surface area contributed by atoms with E-state index >= 15 is 0 Å². The minimum atomic E-state index is -0.00893. The molecule has 0 amide bonds. The second-order valence-electron chi connectivity index (χ2n) is 6.07. The number of halogens is 2. The maximum atomic E-state index is 6.56. The molecule has 2 N–H and O–H groups in total. The van der Waals surface area contributed by atoms with Crippen LogP contribution in [0, 0.1) is 5.92 Å². The third kappa shape index (κ3) is 3.45. The molecule has 2 unspecified atom stereocenters. The summed E-state index contributed by atoms with van der Waals surface area (Å²) in [6, 6.07) is 6.02. The monoisotopic (exact) mass is 389 g/mol. The van der Waals surface area contributed by atoms with E-state index in [-0.39, 0.29) is 11.6 Å². The molecule has 2 nitrogen and oxygen atoms in total. The van der Waals surface area contributed by atoms with Crippen molar-refractivity contribution in [2.75, 3.05) is 18.1 Å². The highest BCUT2D eigenvalue weighted by Crippen LogP contribution is 2.44. The highest BCUT2D eigenvalue weighted by Gasteiger charge is 2.40. The molecule has 2 heterocycles. The van der Waals surface area contributed by atoms with Gasteiger partial charge in [0.1, 0.15) is 0 Å². The lowest BCUT2D eigenvalue weighted by Crippen LogP contribution is -2.45. The number of thioether (sulfide) groups is 1. The fraction of sp³-hybridized carbons (Fsp3) is 0.625. The number of hydrogen-bond donors (Lipinski definition) is 1. The zero-order valence-electron chi connectivity index (χ0n) is 12.0. The standard InChI is InChI=1S/C16H21BrClNOS/c17-13-3-1-2-12(14(13)18)15(19)11-4-7-20-16(10-11)5-8-21-9-6-16/h1-3,11,15H,4-10,19H2. The van der Waals surface area contributed by atoms with E-state index in [0.29, 0.717) is 5.92 Å². The van der Waals surface area contributed by atoms with Crippen molar-refractivity contribution >= 4 is 39.3 Å². The topological polar surface area (TPSA) is 35.2 Å². The molecular formula is C16H21BrClNOS. The van der Waals surface area contributed by atoms with E-state index in [1.807, 2.05) is 23.9 Å². The Morgan fingerprint density at radius 2 is 2.14 bits per heavy atom. The van der Waals surface area contributed by atoms with Crippen LogP contribution in [0.25, 0.3) is 0 Å². The Balaban J connectivity index is 1.78. The van der Waals surface area contributed by atoms with Crippen molar-refractivity contribution in [1.29, 1.82) is 0 Å². The van der Waals surface area contributed by atoms with Gasteiger partial charge in [0.15, 0.2) is 0 Å². The largest absolute Gasteiger partial charge is 0.375 e. The Hall–Kier alpha value is 0.260. The Bertz CT molecular complexity index is 502. The van der Waals surface area contributed by atoms with Gasteiger partial charge in [-0.15, -0.1) is 0 Å². The van der Waals surface area contributed by atoms with Crippen LogP contribution < -0.4 is 5.73 Å². The molecule has 2 saturated heterocycles. The summed E-state index contributed by atoms with van der Waals surface area (Å²) in [4.78, 5) is 0. The van der Waals surface area contributed by atoms with Crippen molar-refractivity contribution in [3.05, 3.63) is 33.3 Å². The van der Waals surface area contributed by atoms with Crippen LogP contribution in [0.1, 0.15) is 37.3 Å². The van der Waals surface area contributed by atoms with E-state index in [2.05, 4.69) is 22.0 Å². The van der Waals surface area contributed by atoms with Crippen molar-refractivity contribution in [2.45, 2.75) is 37.3 Å². The van der Waals surface area contributed by atoms with E-state index in [1.165, 1.54) is 11.5 Å². The van der Waals surface area contributed by atoms with Crippen LogP contribution in [0.3, 0.4) is 0 Å². The predicted octanol–water partition coefficient (Wildman–Crippen LogP) is 4.79. The van der Waals surface area contributed by atoms with Crippen molar-refractivity contribution < 1.29 is 4.74 Å². The summed E-state index contributed by atoms with van der Waals surface area (Å²) >= 11 is 12.0. The summed E-state index contributed by atoms with van der Waals surface area (Å²) in [5.41, 5.74) is 7.69. The number of ether oxygens (including phenoxy) is 1. The van der Waals surface area contributed by atoms with Crippen LogP contribution in [-0.4, -0.2) is 23.7 Å². The molecule has 0 aliphatic carbocycles. The van der Waals surface area contributed by atoms with Crippen molar-refractivity contribution in [3.8, 4) is 0 Å². The van der Waals surface area contributed by atoms with E-state index in [9.17, 15) is 0 Å². The molecule has 0 aromatic heterocycles. The summed E-state index contributed by atoms with van der Waals surface area (Å²) in [6.45, 7) is 0.828. The highest BCUT2D eigenvalue weighted by atomic mass is 79.9. The Kier molecular flexibility index (Phi) is 5.22. The average molecular weight is 391 g/mol. The van der Waals surface area contributed by atoms with E-state index in [1.54, 1.807) is 0 Å². The Morgan fingerprint density at radius 3 is 2.90 bits per heavy atom. The minimum absolute atomic E-state index is 0.00893. The van der Waals surface area contributed by atoms with Gasteiger partial charge in [-0.25, -0.2) is 0 Å². The van der Waals surface area contributed by atoms with Crippen molar-refractivity contribution in [2.24, 2.45) is 11.7 Å². The summed E-state index contributed by atoms with van der Waals surface area (Å²) in [6.07, 6.45) is 4.41. The van der Waals surface area contributed by atoms with Crippen LogP contribution in [0.2, 0.25) is 5.02 Å². The van der Waals surface area contributed by atoms with Crippen molar-refractivity contribution in [3.63, 3.8) is 0 Å². The fourth-order valence-corrected chi connectivity index (χ4v) is 5.37. The summed E-state index contributed by atoms with van der Waals surface area (Å²) < 4.78 is 7.09. The summed E-state index contributed by atoms with van der Waals surface area (Å²) in [5.74, 6) is 2.87. The normalized spacial score (nSPS) is 26.7. The second-order valence-corrected chi connectivity index (χ2v) is 8.52. The smallest absolute Gasteiger partial charge is 0.0701 e. The lowest BCUT2D eigenvalue weighted by Gasteiger charge is -2.45. The molecular weight excluding hydrogens is 370 g/mol. The van der Waals surface area contributed by atoms with Gasteiger partial charge in [-0.2, -0.15) is 11.8 Å². The van der Waals surface area contributed by atoms with Crippen LogP contribution in [-0.2, 0) is 4.74 Å². The van der Waals surface area contributed by atoms with Gasteiger partial charge >= 0.3 is 0 Å². The van der Waals surface area contributed by atoms with Gasteiger partial charge in [-0.3, -0.25) is 0 Å². The first kappa shape index (κ1) is 16.1. The summed E-state index contributed by atoms with van der Waals surface area (Å²) in [5, 5.41) is 0.754. The minimum Gasteiger partial charge on any atom is -0.375 e. The number of nitrogens with two attached hydrogens (primary N) is 1. The molecule has 2 aliphatic rings. The lowest BCUT2D eigenvalue weighted by molar-refractivity contribution is -0.105. The first-order valence-electron chi connectivity index (χ1n) is 7.52. The van der Waals surface area contributed by atoms with Crippen LogP contribution in [0.4, 0.5) is 0 Å². The molecule has 3 rings (SSSR count). The molecule has 2 aliphatic heterocycles. The van der Waals surface area contributed by atoms with Gasteiger partial charge in [-0.05, 0) is 70.7 Å². The molecule has 1 aromatic rings. The van der Waals surface area contributed by atoms with E-state index in [0.717, 1.165) is 47.3 Å². The highest BCUT2D eigenvalue weighted by molar-refractivity contribution is 9.10. The van der Waals surface area contributed by atoms with Crippen molar-refractivity contribution in [1.82, 2.24) is 0 Å². The molecule has 0 radical (unpaired) electrons. The SMILES string of the molecule is NC(c1cccc(Br)c1Cl)C1CCOC2(CCSCC2)C1. The van der Waals surface area contributed by atoms with Gasteiger partial charge in [0.2, 0.25) is 0 Å². The van der Waals surface area contributed by atoms with Crippen LogP contribution >= 0.6 is 39.3 Å². The van der Waals surface area contributed by atoms with Gasteiger partial charge in [0.05, 0.1) is 10.6 Å². The molecule has 21 heavy (non-hydrogen) atoms. The molecule has 1 aromatic carbocycles. The molecule has 1 spiro atoms. The first-order valence-corrected chi connectivity index (χ1v) is 9.85. The Labute approximate surface area is 144 Å². The van der Waals surface area contributed by atoms with Crippen LogP contribution in [0.5, 0.6) is 0 Å². The first-order chi connectivity index (χ1) is 10.1. The average Bonchev–Trinajstić information content (AvgIpc) is 2.50. The van der Waals surface area contributed by atoms with Gasteiger partial charge < -0.3 is 10.5 Å². The number of hydrogen-bond acceptors (Lipinski definition) is 3. The zero-order chi connectivity index (χ0) is 14.9. The third-order valence-corrected chi connectivity index (χ3v) is 7.08. The molecule has 116 valence electrons. The quantitative estimate of drug-likeness (QED) is 0.788. The number of rotatable bonds is 2. The Morgan fingerprint density at radius 1 is 1.38 bits per heavy atom. The van der Waals surface area contributed by atoms with Gasteiger partial charge in [0, 0.05) is 17.1 Å². The fourth-order valence-electron chi connectivity index (χ4n) is 3.50. The molecule has 0 saturated carbocycles. The van der Waals surface area contributed by atoms with E-state index in [4.69, 9.17) is 22.1 Å². The second kappa shape index (κ2) is 6.79. The molecule has 0 bridgehead atoms. The zero-order valence-corrected chi connectivity index (χ0v) is 15.1. The lowest BCUT2D eigenvalue weighted by atomic mass is 9.77. The van der Waals surface area contributed by atoms with Gasteiger partial charge in [-0.1, -0.05) is 23.7 Å². The molecule has 2 fully saturated rings. The molecule has 5 heteroatoms. The predicted molar refractivity (Wildman–Crippen MR) is 94.0 cm³/mol. The molecule has 2 atom stereocenters. The van der Waals surface area contributed by atoms with E-state index < -0.39 is 0 Å². The van der Waals surface area contributed by atoms with Crippen LogP contribution in [0.15, 0.2) is 22.7 Å². The third-order valence-electron chi connectivity index (χ3n) is 4.78. The van der Waals surface area contributed by atoms with Gasteiger partial charge in [0.25, 0.3) is 0 Å². The summed E-state index contributed by atoms with van der Waals surface area (Å²) in [7, 11) is 0. The maximum absolute atomic E-state index is 6.56. The number of benzene rings is 1.